The first-order valence-corrected chi connectivity index (χ1v) is 10.6. The summed E-state index contributed by atoms with van der Waals surface area (Å²) in [5, 5.41) is 0. The number of carbonyl (C=O) groups is 3. The van der Waals surface area contributed by atoms with Crippen LogP contribution in [0, 0.1) is 11.8 Å². The molecule has 7 heteroatoms. The standard InChI is InChI=1S/C25H28O7/c1-29-18-13-17(14-19(15-18)30-2)23(22(26)16-9-5-4-6-10-16)32-25(28)21-12-8-7-11-20(21)24(27)31-3/h4-6,9-10,13-15,20-21,23H,7-8,11-12H2,1-3H3/t20-,21+,23?/m1/s1. The quantitative estimate of drug-likeness (QED) is 0.450. The summed E-state index contributed by atoms with van der Waals surface area (Å²) in [6, 6.07) is 13.6. The van der Waals surface area contributed by atoms with Crippen LogP contribution in [0.3, 0.4) is 0 Å². The molecule has 0 heterocycles. The fraction of sp³-hybridized carbons (Fsp3) is 0.400. The molecule has 1 aliphatic rings. The van der Waals surface area contributed by atoms with E-state index in [4.69, 9.17) is 18.9 Å². The highest BCUT2D eigenvalue weighted by molar-refractivity contribution is 6.01. The van der Waals surface area contributed by atoms with Gasteiger partial charge >= 0.3 is 11.9 Å². The molecular weight excluding hydrogens is 412 g/mol. The molecule has 170 valence electrons. The van der Waals surface area contributed by atoms with E-state index in [-0.39, 0.29) is 5.78 Å². The normalized spacial score (nSPS) is 18.8. The van der Waals surface area contributed by atoms with Crippen molar-refractivity contribution in [1.82, 2.24) is 0 Å². The van der Waals surface area contributed by atoms with Gasteiger partial charge in [-0.3, -0.25) is 14.4 Å². The number of ether oxygens (including phenoxy) is 4. The van der Waals surface area contributed by atoms with E-state index in [1.165, 1.54) is 21.3 Å². The molecule has 2 aromatic rings. The van der Waals surface area contributed by atoms with Gasteiger partial charge in [0, 0.05) is 17.2 Å². The van der Waals surface area contributed by atoms with Gasteiger partial charge in [-0.2, -0.15) is 0 Å². The van der Waals surface area contributed by atoms with E-state index in [0.717, 1.165) is 12.8 Å². The van der Waals surface area contributed by atoms with E-state index < -0.39 is 29.9 Å². The molecule has 0 radical (unpaired) electrons. The molecule has 0 saturated heterocycles. The Bertz CT molecular complexity index is 932. The summed E-state index contributed by atoms with van der Waals surface area (Å²) in [6.07, 6.45) is 1.48. The number of rotatable bonds is 8. The molecule has 1 aliphatic carbocycles. The summed E-state index contributed by atoms with van der Waals surface area (Å²) >= 11 is 0. The lowest BCUT2D eigenvalue weighted by atomic mass is 9.79. The Kier molecular flexibility index (Phi) is 7.87. The number of hydrogen-bond acceptors (Lipinski definition) is 7. The topological polar surface area (TPSA) is 88.1 Å². The van der Waals surface area contributed by atoms with Crippen LogP contribution in [0.4, 0.5) is 0 Å². The van der Waals surface area contributed by atoms with Crippen LogP contribution >= 0.6 is 0 Å². The van der Waals surface area contributed by atoms with Crippen LogP contribution in [0.25, 0.3) is 0 Å². The number of Topliss-reactive ketones (excluding diaryl/α,β-unsaturated/α-hetero) is 1. The van der Waals surface area contributed by atoms with Gasteiger partial charge in [0.05, 0.1) is 33.2 Å². The molecule has 0 amide bonds. The van der Waals surface area contributed by atoms with Crippen molar-refractivity contribution in [3.63, 3.8) is 0 Å². The summed E-state index contributed by atoms with van der Waals surface area (Å²) in [7, 11) is 4.31. The Hall–Kier alpha value is -3.35. The van der Waals surface area contributed by atoms with Gasteiger partial charge in [0.15, 0.2) is 6.10 Å². The number of benzene rings is 2. The van der Waals surface area contributed by atoms with Crippen molar-refractivity contribution in [2.24, 2.45) is 11.8 Å². The number of carbonyl (C=O) groups excluding carboxylic acids is 3. The van der Waals surface area contributed by atoms with Gasteiger partial charge in [-0.15, -0.1) is 0 Å². The molecule has 3 atom stereocenters. The third-order valence-electron chi connectivity index (χ3n) is 5.78. The van der Waals surface area contributed by atoms with Crippen LogP contribution in [0.15, 0.2) is 48.5 Å². The summed E-state index contributed by atoms with van der Waals surface area (Å²) in [6.45, 7) is 0. The average Bonchev–Trinajstić information content (AvgIpc) is 2.86. The Morgan fingerprint density at radius 3 is 1.91 bits per heavy atom. The fourth-order valence-corrected chi connectivity index (χ4v) is 4.06. The molecule has 0 N–H and O–H groups in total. The number of methoxy groups -OCH3 is 3. The van der Waals surface area contributed by atoms with Gasteiger partial charge in [0.25, 0.3) is 0 Å². The highest BCUT2D eigenvalue weighted by Gasteiger charge is 2.39. The third kappa shape index (κ3) is 5.28. The van der Waals surface area contributed by atoms with Gasteiger partial charge in [-0.1, -0.05) is 43.2 Å². The first kappa shape index (κ1) is 23.3. The molecular formula is C25H28O7. The van der Waals surface area contributed by atoms with E-state index in [1.807, 2.05) is 0 Å². The largest absolute Gasteiger partial charge is 0.497 e. The molecule has 32 heavy (non-hydrogen) atoms. The van der Waals surface area contributed by atoms with Crippen LogP contribution in [0.1, 0.15) is 47.7 Å². The van der Waals surface area contributed by atoms with E-state index in [2.05, 4.69) is 0 Å². The summed E-state index contributed by atoms with van der Waals surface area (Å²) in [5.74, 6) is -1.70. The lowest BCUT2D eigenvalue weighted by Crippen LogP contribution is -2.36. The van der Waals surface area contributed by atoms with Crippen LogP contribution in [-0.4, -0.2) is 39.1 Å². The zero-order valence-corrected chi connectivity index (χ0v) is 18.5. The molecule has 0 bridgehead atoms. The maximum Gasteiger partial charge on any atom is 0.310 e. The highest BCUT2D eigenvalue weighted by atomic mass is 16.6. The Morgan fingerprint density at radius 1 is 0.812 bits per heavy atom. The van der Waals surface area contributed by atoms with Crippen LogP contribution in [0.5, 0.6) is 11.5 Å². The molecule has 0 spiro atoms. The van der Waals surface area contributed by atoms with Crippen molar-refractivity contribution < 1.29 is 33.3 Å². The molecule has 1 fully saturated rings. The van der Waals surface area contributed by atoms with Crippen molar-refractivity contribution >= 4 is 17.7 Å². The predicted molar refractivity (Wildman–Crippen MR) is 117 cm³/mol. The minimum Gasteiger partial charge on any atom is -0.497 e. The van der Waals surface area contributed by atoms with Gasteiger partial charge in [0.1, 0.15) is 11.5 Å². The average molecular weight is 440 g/mol. The van der Waals surface area contributed by atoms with E-state index in [0.29, 0.717) is 35.5 Å². The fourth-order valence-electron chi connectivity index (χ4n) is 4.06. The minimum atomic E-state index is -1.21. The molecule has 2 aromatic carbocycles. The van der Waals surface area contributed by atoms with Crippen LogP contribution in [0.2, 0.25) is 0 Å². The van der Waals surface area contributed by atoms with Gasteiger partial charge < -0.3 is 18.9 Å². The third-order valence-corrected chi connectivity index (χ3v) is 5.78. The first-order chi connectivity index (χ1) is 15.5. The first-order valence-electron chi connectivity index (χ1n) is 10.6. The molecule has 3 rings (SSSR count). The van der Waals surface area contributed by atoms with Crippen LogP contribution in [-0.2, 0) is 19.1 Å². The summed E-state index contributed by atoms with van der Waals surface area (Å²) in [4.78, 5) is 38.8. The van der Waals surface area contributed by atoms with Crippen LogP contribution < -0.4 is 9.47 Å². The highest BCUT2D eigenvalue weighted by Crippen LogP contribution is 2.35. The van der Waals surface area contributed by atoms with Gasteiger partial charge in [0.2, 0.25) is 5.78 Å². The SMILES string of the molecule is COC(=O)[C@@H]1CCCC[C@@H]1C(=O)OC(C(=O)c1ccccc1)c1cc(OC)cc(OC)c1. The Balaban J connectivity index is 1.97. The summed E-state index contributed by atoms with van der Waals surface area (Å²) in [5.41, 5.74) is 0.828. The van der Waals surface area contributed by atoms with Gasteiger partial charge in [-0.05, 0) is 25.0 Å². The minimum absolute atomic E-state index is 0.375. The van der Waals surface area contributed by atoms with Crippen molar-refractivity contribution in [3.8, 4) is 11.5 Å². The summed E-state index contributed by atoms with van der Waals surface area (Å²) < 4.78 is 21.3. The number of hydrogen-bond donors (Lipinski definition) is 0. The maximum absolute atomic E-state index is 13.4. The Labute approximate surface area is 187 Å². The molecule has 1 saturated carbocycles. The monoisotopic (exact) mass is 440 g/mol. The molecule has 7 nitrogen and oxygen atoms in total. The van der Waals surface area contributed by atoms with E-state index in [9.17, 15) is 14.4 Å². The maximum atomic E-state index is 13.4. The van der Waals surface area contributed by atoms with Crippen molar-refractivity contribution in [1.29, 1.82) is 0 Å². The van der Waals surface area contributed by atoms with Crippen molar-refractivity contribution in [2.75, 3.05) is 21.3 Å². The molecule has 0 aliphatic heterocycles. The van der Waals surface area contributed by atoms with Crippen molar-refractivity contribution in [3.05, 3.63) is 59.7 Å². The molecule has 0 aromatic heterocycles. The van der Waals surface area contributed by atoms with Crippen molar-refractivity contribution in [2.45, 2.75) is 31.8 Å². The zero-order valence-electron chi connectivity index (χ0n) is 18.5. The lowest BCUT2D eigenvalue weighted by molar-refractivity contribution is -0.163. The zero-order chi connectivity index (χ0) is 23.1. The second-order valence-electron chi connectivity index (χ2n) is 7.71. The van der Waals surface area contributed by atoms with E-state index >= 15 is 0 Å². The lowest BCUT2D eigenvalue weighted by Gasteiger charge is -2.29. The predicted octanol–water partition coefficient (Wildman–Crippen LogP) is 4.15. The number of esters is 2. The Morgan fingerprint density at radius 2 is 1.38 bits per heavy atom. The van der Waals surface area contributed by atoms with E-state index in [1.54, 1.807) is 48.5 Å². The van der Waals surface area contributed by atoms with Gasteiger partial charge in [-0.25, -0.2) is 0 Å². The molecule has 1 unspecified atom stereocenters. The number of ketones is 1. The second-order valence-corrected chi connectivity index (χ2v) is 7.71. The smallest absolute Gasteiger partial charge is 0.310 e. The second kappa shape index (κ2) is 10.8.